The van der Waals surface area contributed by atoms with Gasteiger partial charge in [0.1, 0.15) is 12.2 Å². The van der Waals surface area contributed by atoms with E-state index in [1.165, 1.54) is 18.5 Å². The number of amides is 6. The van der Waals surface area contributed by atoms with Crippen molar-refractivity contribution in [1.82, 2.24) is 25.8 Å². The number of hydrogen-bond donors (Lipinski definition) is 3. The summed E-state index contributed by atoms with van der Waals surface area (Å²) in [7, 11) is 0. The summed E-state index contributed by atoms with van der Waals surface area (Å²) < 4.78 is 0. The highest BCUT2D eigenvalue weighted by Gasteiger charge is 2.50. The number of nitrogens with zero attached hydrogens (tertiary/aromatic N) is 2. The standard InChI is InChI=1S/C11H9N5O4/c17-8-6-7(14-10(19)15-8)16(11(20)13-6)9(18)5-2-1-3-12-4-5/h1-4,6-7H,(H,13,20)(H2,14,15,17,19)/t6-,7-/m0/s1. The van der Waals surface area contributed by atoms with Crippen LogP contribution in [0.1, 0.15) is 10.4 Å². The molecule has 0 aromatic carbocycles. The molecule has 6 amide bonds. The van der Waals surface area contributed by atoms with Crippen molar-refractivity contribution in [2.24, 2.45) is 0 Å². The summed E-state index contributed by atoms with van der Waals surface area (Å²) in [5, 5.41) is 6.73. The van der Waals surface area contributed by atoms with E-state index in [1.54, 1.807) is 6.07 Å². The molecule has 1 aromatic heterocycles. The molecule has 20 heavy (non-hydrogen) atoms. The Balaban J connectivity index is 1.93. The van der Waals surface area contributed by atoms with E-state index in [1.807, 2.05) is 5.32 Å². The molecule has 1 aromatic rings. The lowest BCUT2D eigenvalue weighted by atomic mass is 10.1. The molecule has 3 heterocycles. The molecular weight excluding hydrogens is 266 g/mol. The summed E-state index contributed by atoms with van der Waals surface area (Å²) in [4.78, 5) is 51.6. The Bertz CT molecular complexity index is 616. The quantitative estimate of drug-likeness (QED) is 0.593. The van der Waals surface area contributed by atoms with Crippen molar-refractivity contribution in [1.29, 1.82) is 0 Å². The highest BCUT2D eigenvalue weighted by molar-refractivity contribution is 6.10. The molecule has 0 spiro atoms. The predicted octanol–water partition coefficient (Wildman–Crippen LogP) is -1.22. The lowest BCUT2D eigenvalue weighted by Gasteiger charge is -2.28. The first-order chi connectivity index (χ1) is 9.58. The average Bonchev–Trinajstić information content (AvgIpc) is 2.76. The fourth-order valence-corrected chi connectivity index (χ4v) is 2.12. The number of imide groups is 2. The van der Waals surface area contributed by atoms with Gasteiger partial charge in [0, 0.05) is 12.4 Å². The molecule has 3 rings (SSSR count). The van der Waals surface area contributed by atoms with Crippen LogP contribution in [0, 0.1) is 0 Å². The monoisotopic (exact) mass is 275 g/mol. The van der Waals surface area contributed by atoms with E-state index in [-0.39, 0.29) is 5.56 Å². The van der Waals surface area contributed by atoms with Crippen molar-refractivity contribution < 1.29 is 19.2 Å². The lowest BCUT2D eigenvalue weighted by Crippen LogP contribution is -2.65. The van der Waals surface area contributed by atoms with Gasteiger partial charge >= 0.3 is 12.1 Å². The van der Waals surface area contributed by atoms with Crippen molar-refractivity contribution >= 4 is 23.9 Å². The molecule has 2 fully saturated rings. The first-order valence-electron chi connectivity index (χ1n) is 5.73. The molecule has 0 bridgehead atoms. The lowest BCUT2D eigenvalue weighted by molar-refractivity contribution is -0.123. The molecule has 2 aliphatic rings. The van der Waals surface area contributed by atoms with E-state index in [9.17, 15) is 19.2 Å². The van der Waals surface area contributed by atoms with Gasteiger partial charge in [-0.2, -0.15) is 0 Å². The Labute approximate surface area is 112 Å². The van der Waals surface area contributed by atoms with Crippen LogP contribution in [0.5, 0.6) is 0 Å². The number of aromatic nitrogens is 1. The van der Waals surface area contributed by atoms with Gasteiger partial charge in [0.25, 0.3) is 11.8 Å². The highest BCUT2D eigenvalue weighted by atomic mass is 16.2. The molecule has 2 atom stereocenters. The van der Waals surface area contributed by atoms with E-state index in [0.29, 0.717) is 0 Å². The Morgan fingerprint density at radius 3 is 2.75 bits per heavy atom. The van der Waals surface area contributed by atoms with Crippen molar-refractivity contribution in [3.63, 3.8) is 0 Å². The zero-order valence-corrected chi connectivity index (χ0v) is 9.99. The zero-order chi connectivity index (χ0) is 14.3. The molecule has 3 N–H and O–H groups in total. The zero-order valence-electron chi connectivity index (χ0n) is 9.99. The minimum atomic E-state index is -1.04. The highest BCUT2D eigenvalue weighted by Crippen LogP contribution is 2.17. The molecule has 9 heteroatoms. The van der Waals surface area contributed by atoms with Crippen LogP contribution < -0.4 is 16.0 Å². The topological polar surface area (TPSA) is 121 Å². The second-order valence-electron chi connectivity index (χ2n) is 4.25. The van der Waals surface area contributed by atoms with Crippen LogP contribution in [0.15, 0.2) is 24.5 Å². The Hall–Kier alpha value is -2.97. The average molecular weight is 275 g/mol. The molecule has 0 radical (unpaired) electrons. The number of carbonyl (C=O) groups excluding carboxylic acids is 4. The van der Waals surface area contributed by atoms with E-state index >= 15 is 0 Å². The summed E-state index contributed by atoms with van der Waals surface area (Å²) in [6, 6.07) is 0.537. The van der Waals surface area contributed by atoms with Gasteiger partial charge in [-0.25, -0.2) is 14.5 Å². The van der Waals surface area contributed by atoms with E-state index in [4.69, 9.17) is 0 Å². The van der Waals surface area contributed by atoms with Crippen LogP contribution >= 0.6 is 0 Å². The molecule has 0 saturated carbocycles. The summed E-state index contributed by atoms with van der Waals surface area (Å²) in [6.45, 7) is 0. The van der Waals surface area contributed by atoms with Gasteiger partial charge in [-0.05, 0) is 12.1 Å². The summed E-state index contributed by atoms with van der Waals surface area (Å²) in [5.41, 5.74) is 0.184. The first-order valence-corrected chi connectivity index (χ1v) is 5.73. The molecular formula is C11H9N5O4. The van der Waals surface area contributed by atoms with Gasteiger partial charge in [-0.3, -0.25) is 19.9 Å². The van der Waals surface area contributed by atoms with Gasteiger partial charge in [-0.1, -0.05) is 0 Å². The third kappa shape index (κ3) is 1.76. The smallest absolute Gasteiger partial charge is 0.322 e. The summed E-state index contributed by atoms with van der Waals surface area (Å²) in [5.74, 6) is -1.30. The van der Waals surface area contributed by atoms with Crippen molar-refractivity contribution in [2.45, 2.75) is 12.2 Å². The number of hydrogen-bond acceptors (Lipinski definition) is 5. The summed E-state index contributed by atoms with van der Waals surface area (Å²) >= 11 is 0. The van der Waals surface area contributed by atoms with Crippen molar-refractivity contribution in [3.05, 3.63) is 30.1 Å². The minimum Gasteiger partial charge on any atom is -0.322 e. The third-order valence-corrected chi connectivity index (χ3v) is 3.02. The fourth-order valence-electron chi connectivity index (χ4n) is 2.12. The van der Waals surface area contributed by atoms with Crippen LogP contribution in [0.2, 0.25) is 0 Å². The second-order valence-corrected chi connectivity index (χ2v) is 4.25. The molecule has 9 nitrogen and oxygen atoms in total. The Morgan fingerprint density at radius 2 is 2.05 bits per heavy atom. The van der Waals surface area contributed by atoms with Crippen LogP contribution in [0.4, 0.5) is 9.59 Å². The van der Waals surface area contributed by atoms with Gasteiger partial charge in [-0.15, -0.1) is 0 Å². The number of pyridine rings is 1. The maximum absolute atomic E-state index is 12.3. The predicted molar refractivity (Wildman–Crippen MR) is 63.2 cm³/mol. The number of urea groups is 2. The molecule has 2 aliphatic heterocycles. The largest absolute Gasteiger partial charge is 0.326 e. The Kier molecular flexibility index (Phi) is 2.60. The molecule has 2 saturated heterocycles. The second kappa shape index (κ2) is 4.30. The van der Waals surface area contributed by atoms with E-state index in [0.717, 1.165) is 4.90 Å². The van der Waals surface area contributed by atoms with Crippen molar-refractivity contribution in [2.75, 3.05) is 0 Å². The molecule has 0 aliphatic carbocycles. The maximum Gasteiger partial charge on any atom is 0.326 e. The van der Waals surface area contributed by atoms with Gasteiger partial charge in [0.05, 0.1) is 5.56 Å². The number of fused-ring (bicyclic) bond motifs is 1. The molecule has 102 valence electrons. The third-order valence-electron chi connectivity index (χ3n) is 3.02. The molecule has 0 unspecified atom stereocenters. The first kappa shape index (κ1) is 12.1. The van der Waals surface area contributed by atoms with Gasteiger partial charge in [0.15, 0.2) is 0 Å². The number of carbonyl (C=O) groups is 4. The van der Waals surface area contributed by atoms with Gasteiger partial charge in [0.2, 0.25) is 0 Å². The maximum atomic E-state index is 12.3. The van der Waals surface area contributed by atoms with Crippen LogP contribution in [0.25, 0.3) is 0 Å². The number of rotatable bonds is 1. The Morgan fingerprint density at radius 1 is 1.25 bits per heavy atom. The van der Waals surface area contributed by atoms with Crippen LogP contribution in [-0.4, -0.2) is 46.0 Å². The van der Waals surface area contributed by atoms with E-state index in [2.05, 4.69) is 15.6 Å². The van der Waals surface area contributed by atoms with E-state index < -0.39 is 36.1 Å². The summed E-state index contributed by atoms with van der Waals surface area (Å²) in [6.07, 6.45) is 1.74. The van der Waals surface area contributed by atoms with Crippen LogP contribution in [0.3, 0.4) is 0 Å². The van der Waals surface area contributed by atoms with Crippen LogP contribution in [-0.2, 0) is 4.79 Å². The fraction of sp³-hybridized carbons (Fsp3) is 0.182. The SMILES string of the molecule is O=C1NC(=O)[C@H]2NC(=O)N(C(=O)c3cccnc3)[C@@H]2N1. The van der Waals surface area contributed by atoms with Gasteiger partial charge < -0.3 is 10.6 Å². The minimum absolute atomic E-state index is 0.184. The normalized spacial score (nSPS) is 24.6. The van der Waals surface area contributed by atoms with Crippen molar-refractivity contribution in [3.8, 4) is 0 Å². The number of nitrogens with one attached hydrogen (secondary N) is 3.